The smallest absolute Gasteiger partial charge is 0.257 e. The Morgan fingerprint density at radius 2 is 1.83 bits per heavy atom. The minimum atomic E-state index is -0.333. The highest BCUT2D eigenvalue weighted by Gasteiger charge is 2.10. The highest BCUT2D eigenvalue weighted by Crippen LogP contribution is 2.25. The molecule has 0 aliphatic rings. The summed E-state index contributed by atoms with van der Waals surface area (Å²) in [5.41, 5.74) is 0.889. The van der Waals surface area contributed by atoms with Crippen LogP contribution in [0.2, 0.25) is 15.1 Å². The Balaban J connectivity index is 2.22. The number of halogens is 3. The van der Waals surface area contributed by atoms with Crippen molar-refractivity contribution in [2.75, 3.05) is 5.32 Å². The van der Waals surface area contributed by atoms with E-state index in [2.05, 4.69) is 10.3 Å². The Morgan fingerprint density at radius 3 is 2.50 bits per heavy atom. The third-order valence-corrected chi connectivity index (χ3v) is 3.23. The molecule has 6 heteroatoms. The van der Waals surface area contributed by atoms with Crippen LogP contribution >= 0.6 is 34.8 Å². The van der Waals surface area contributed by atoms with Gasteiger partial charge >= 0.3 is 0 Å². The van der Waals surface area contributed by atoms with Crippen LogP contribution in [-0.2, 0) is 0 Å². The third kappa shape index (κ3) is 2.93. The molecule has 92 valence electrons. The SMILES string of the molecule is O=C(Nc1ccc(Cl)c(Cl)c1)c1ccncc1Cl. The first kappa shape index (κ1) is 13.1. The van der Waals surface area contributed by atoms with Crippen molar-refractivity contribution in [2.24, 2.45) is 0 Å². The summed E-state index contributed by atoms with van der Waals surface area (Å²) in [6.07, 6.45) is 2.90. The molecule has 2 aromatic rings. The molecule has 1 amide bonds. The number of nitrogens with one attached hydrogen (secondary N) is 1. The molecule has 0 saturated heterocycles. The second-order valence-corrected chi connectivity index (χ2v) is 4.66. The van der Waals surface area contributed by atoms with E-state index in [9.17, 15) is 4.79 Å². The standard InChI is InChI=1S/C12H7Cl3N2O/c13-9-2-1-7(5-10(9)14)17-12(18)8-3-4-16-6-11(8)15/h1-6H,(H,17,18). The normalized spacial score (nSPS) is 10.2. The van der Waals surface area contributed by atoms with Gasteiger partial charge in [0.2, 0.25) is 0 Å². The number of aromatic nitrogens is 1. The number of hydrogen-bond acceptors (Lipinski definition) is 2. The van der Waals surface area contributed by atoms with Crippen LogP contribution in [0, 0.1) is 0 Å². The van der Waals surface area contributed by atoms with Gasteiger partial charge in [0.1, 0.15) is 0 Å². The van der Waals surface area contributed by atoms with E-state index in [1.165, 1.54) is 18.5 Å². The van der Waals surface area contributed by atoms with Crippen LogP contribution in [0.15, 0.2) is 36.7 Å². The van der Waals surface area contributed by atoms with E-state index in [0.29, 0.717) is 21.3 Å². The van der Waals surface area contributed by atoms with Gasteiger partial charge in [-0.2, -0.15) is 0 Å². The van der Waals surface area contributed by atoms with E-state index in [0.717, 1.165) is 0 Å². The molecule has 0 spiro atoms. The van der Waals surface area contributed by atoms with Gasteiger partial charge in [0.25, 0.3) is 5.91 Å². The summed E-state index contributed by atoms with van der Waals surface area (Å²) in [5.74, 6) is -0.333. The van der Waals surface area contributed by atoms with E-state index in [1.807, 2.05) is 0 Å². The van der Waals surface area contributed by atoms with Crippen molar-refractivity contribution in [1.29, 1.82) is 0 Å². The van der Waals surface area contributed by atoms with Gasteiger partial charge in [-0.1, -0.05) is 34.8 Å². The number of carbonyl (C=O) groups excluding carboxylic acids is 1. The van der Waals surface area contributed by atoms with E-state index < -0.39 is 0 Å². The summed E-state index contributed by atoms with van der Waals surface area (Å²) >= 11 is 17.5. The maximum atomic E-state index is 11.9. The zero-order valence-corrected chi connectivity index (χ0v) is 11.2. The monoisotopic (exact) mass is 300 g/mol. The molecular formula is C12H7Cl3N2O. The summed E-state index contributed by atoms with van der Waals surface area (Å²) < 4.78 is 0. The van der Waals surface area contributed by atoms with Crippen molar-refractivity contribution in [2.45, 2.75) is 0 Å². The number of rotatable bonds is 2. The van der Waals surface area contributed by atoms with Crippen molar-refractivity contribution in [3.8, 4) is 0 Å². The molecular weight excluding hydrogens is 295 g/mol. The highest BCUT2D eigenvalue weighted by molar-refractivity contribution is 6.42. The fraction of sp³-hybridized carbons (Fsp3) is 0. The summed E-state index contributed by atoms with van der Waals surface area (Å²) in [6.45, 7) is 0. The zero-order valence-electron chi connectivity index (χ0n) is 8.95. The molecule has 1 heterocycles. The lowest BCUT2D eigenvalue weighted by Crippen LogP contribution is -2.12. The van der Waals surface area contributed by atoms with Crippen molar-refractivity contribution >= 4 is 46.4 Å². The Labute approximate surface area is 119 Å². The van der Waals surface area contributed by atoms with Crippen LogP contribution in [0.25, 0.3) is 0 Å². The molecule has 1 aromatic heterocycles. The molecule has 18 heavy (non-hydrogen) atoms. The lowest BCUT2D eigenvalue weighted by atomic mass is 10.2. The number of anilines is 1. The first-order valence-corrected chi connectivity index (χ1v) is 6.07. The molecule has 3 nitrogen and oxygen atoms in total. The van der Waals surface area contributed by atoms with E-state index in [1.54, 1.807) is 18.2 Å². The average molecular weight is 302 g/mol. The molecule has 2 rings (SSSR count). The van der Waals surface area contributed by atoms with Crippen LogP contribution in [0.4, 0.5) is 5.69 Å². The minimum Gasteiger partial charge on any atom is -0.322 e. The number of amides is 1. The van der Waals surface area contributed by atoms with Gasteiger partial charge in [-0.05, 0) is 24.3 Å². The predicted molar refractivity (Wildman–Crippen MR) is 73.7 cm³/mol. The fourth-order valence-corrected chi connectivity index (χ4v) is 1.83. The van der Waals surface area contributed by atoms with Gasteiger partial charge in [0.05, 0.1) is 20.6 Å². The molecule has 0 aliphatic carbocycles. The Morgan fingerprint density at radius 1 is 1.06 bits per heavy atom. The van der Waals surface area contributed by atoms with Crippen LogP contribution in [0.3, 0.4) is 0 Å². The molecule has 0 bridgehead atoms. The Kier molecular flexibility index (Phi) is 4.07. The first-order valence-electron chi connectivity index (χ1n) is 4.94. The largest absolute Gasteiger partial charge is 0.322 e. The van der Waals surface area contributed by atoms with Crippen molar-refractivity contribution in [3.63, 3.8) is 0 Å². The summed E-state index contributed by atoms with van der Waals surface area (Å²) in [7, 11) is 0. The molecule has 0 fully saturated rings. The topological polar surface area (TPSA) is 42.0 Å². The van der Waals surface area contributed by atoms with Crippen LogP contribution < -0.4 is 5.32 Å². The van der Waals surface area contributed by atoms with Gasteiger partial charge in [0, 0.05) is 18.1 Å². The van der Waals surface area contributed by atoms with Crippen LogP contribution in [0.5, 0.6) is 0 Å². The maximum absolute atomic E-state index is 11.9. The number of nitrogens with zero attached hydrogens (tertiary/aromatic N) is 1. The second-order valence-electron chi connectivity index (χ2n) is 3.44. The summed E-state index contributed by atoms with van der Waals surface area (Å²) in [6, 6.07) is 6.36. The summed E-state index contributed by atoms with van der Waals surface area (Å²) in [4.78, 5) is 15.7. The quantitative estimate of drug-likeness (QED) is 0.899. The Bertz CT molecular complexity index is 602. The van der Waals surface area contributed by atoms with Crippen LogP contribution in [0.1, 0.15) is 10.4 Å². The lowest BCUT2D eigenvalue weighted by Gasteiger charge is -2.07. The van der Waals surface area contributed by atoms with Crippen molar-refractivity contribution in [3.05, 3.63) is 57.3 Å². The molecule has 1 N–H and O–H groups in total. The van der Waals surface area contributed by atoms with Gasteiger partial charge in [-0.3, -0.25) is 9.78 Å². The molecule has 1 aromatic carbocycles. The van der Waals surface area contributed by atoms with E-state index in [4.69, 9.17) is 34.8 Å². The molecule has 0 saturated carbocycles. The minimum absolute atomic E-state index is 0.287. The first-order chi connectivity index (χ1) is 8.58. The Hall–Kier alpha value is -1.29. The molecule has 0 unspecified atom stereocenters. The number of pyridine rings is 1. The van der Waals surface area contributed by atoms with E-state index in [-0.39, 0.29) is 10.9 Å². The second kappa shape index (κ2) is 5.57. The van der Waals surface area contributed by atoms with E-state index >= 15 is 0 Å². The van der Waals surface area contributed by atoms with Gasteiger partial charge < -0.3 is 5.32 Å². The van der Waals surface area contributed by atoms with Crippen molar-refractivity contribution < 1.29 is 4.79 Å². The summed E-state index contributed by atoms with van der Waals surface area (Å²) in [5, 5.41) is 3.76. The third-order valence-electron chi connectivity index (χ3n) is 2.19. The predicted octanol–water partition coefficient (Wildman–Crippen LogP) is 4.29. The highest BCUT2D eigenvalue weighted by atomic mass is 35.5. The van der Waals surface area contributed by atoms with Gasteiger partial charge in [0.15, 0.2) is 0 Å². The number of carbonyl (C=O) groups is 1. The zero-order chi connectivity index (χ0) is 13.1. The average Bonchev–Trinajstić information content (AvgIpc) is 2.34. The van der Waals surface area contributed by atoms with Crippen molar-refractivity contribution in [1.82, 2.24) is 4.98 Å². The van der Waals surface area contributed by atoms with Crippen LogP contribution in [-0.4, -0.2) is 10.9 Å². The number of benzene rings is 1. The molecule has 0 atom stereocenters. The fourth-order valence-electron chi connectivity index (χ4n) is 1.33. The number of hydrogen-bond donors (Lipinski definition) is 1. The molecule has 0 radical (unpaired) electrons. The molecule has 0 aliphatic heterocycles. The lowest BCUT2D eigenvalue weighted by molar-refractivity contribution is 0.102. The maximum Gasteiger partial charge on any atom is 0.257 e. The van der Waals surface area contributed by atoms with Gasteiger partial charge in [-0.15, -0.1) is 0 Å². The van der Waals surface area contributed by atoms with Gasteiger partial charge in [-0.25, -0.2) is 0 Å².